The van der Waals surface area contributed by atoms with Gasteiger partial charge in [-0.15, -0.1) is 22.7 Å². The third kappa shape index (κ3) is 3.07. The number of hydrogen-bond acceptors (Lipinski definition) is 6. The summed E-state index contributed by atoms with van der Waals surface area (Å²) in [5.74, 6) is 1.08. The maximum absolute atomic E-state index is 12.2. The van der Waals surface area contributed by atoms with Gasteiger partial charge < -0.3 is 9.84 Å². The van der Waals surface area contributed by atoms with Crippen molar-refractivity contribution < 1.29 is 9.32 Å². The maximum atomic E-state index is 12.2. The molecule has 1 N–H and O–H groups in total. The number of thiophene rings is 1. The Hall–Kier alpha value is -1.99. The first-order chi connectivity index (χ1) is 11.2. The van der Waals surface area contributed by atoms with Gasteiger partial charge in [-0.25, -0.2) is 4.98 Å². The van der Waals surface area contributed by atoms with Crippen LogP contribution in [0.4, 0.5) is 0 Å². The molecule has 4 rings (SSSR count). The number of hydrogen-bond donors (Lipinski definition) is 1. The summed E-state index contributed by atoms with van der Waals surface area (Å²) in [5.41, 5.74) is 1.31. The van der Waals surface area contributed by atoms with Crippen LogP contribution in [0.25, 0.3) is 9.88 Å². The Bertz CT molecular complexity index is 832. The van der Waals surface area contributed by atoms with Crippen LogP contribution in [0.1, 0.15) is 45.6 Å². The predicted molar refractivity (Wildman–Crippen MR) is 89.8 cm³/mol. The van der Waals surface area contributed by atoms with Gasteiger partial charge in [0.15, 0.2) is 5.69 Å². The van der Waals surface area contributed by atoms with Crippen molar-refractivity contribution in [2.75, 3.05) is 0 Å². The lowest BCUT2D eigenvalue weighted by Gasteiger charge is -2.00. The molecule has 23 heavy (non-hydrogen) atoms. The average Bonchev–Trinajstić information content (AvgIpc) is 2.98. The van der Waals surface area contributed by atoms with Crippen molar-refractivity contribution in [3.05, 3.63) is 45.6 Å². The Morgan fingerprint density at radius 3 is 3.09 bits per heavy atom. The van der Waals surface area contributed by atoms with Gasteiger partial charge in [0.2, 0.25) is 0 Å². The lowest BCUT2D eigenvalue weighted by Crippen LogP contribution is -2.22. The zero-order chi connectivity index (χ0) is 15.8. The fourth-order valence-electron chi connectivity index (χ4n) is 2.31. The molecule has 0 aliphatic heterocycles. The molecule has 0 unspecified atom stereocenters. The van der Waals surface area contributed by atoms with Gasteiger partial charge in [0, 0.05) is 16.9 Å². The van der Waals surface area contributed by atoms with E-state index >= 15 is 0 Å². The van der Waals surface area contributed by atoms with Crippen molar-refractivity contribution in [3.63, 3.8) is 0 Å². The molecule has 0 aromatic carbocycles. The SMILES string of the molecule is Cc1nc(-c2cccs2)sc1CNC(=O)c1cc(C2CC2)on1. The lowest BCUT2D eigenvalue weighted by molar-refractivity contribution is 0.0942. The van der Waals surface area contributed by atoms with E-state index in [9.17, 15) is 4.79 Å². The Kier molecular flexibility index (Phi) is 3.74. The molecular formula is C16H15N3O2S2. The number of aryl methyl sites for hydroxylation is 1. The van der Waals surface area contributed by atoms with E-state index in [-0.39, 0.29) is 5.91 Å². The molecule has 1 aliphatic rings. The molecule has 1 saturated carbocycles. The van der Waals surface area contributed by atoms with Gasteiger partial charge in [-0.1, -0.05) is 11.2 Å². The van der Waals surface area contributed by atoms with Crippen LogP contribution in [0.15, 0.2) is 28.1 Å². The molecule has 1 aliphatic carbocycles. The van der Waals surface area contributed by atoms with Crippen molar-refractivity contribution in [2.45, 2.75) is 32.2 Å². The zero-order valence-electron chi connectivity index (χ0n) is 12.5. The van der Waals surface area contributed by atoms with E-state index in [0.29, 0.717) is 18.2 Å². The van der Waals surface area contributed by atoms with E-state index in [2.05, 4.69) is 21.5 Å². The van der Waals surface area contributed by atoms with E-state index in [1.54, 1.807) is 28.7 Å². The maximum Gasteiger partial charge on any atom is 0.273 e. The highest BCUT2D eigenvalue weighted by molar-refractivity contribution is 7.21. The van der Waals surface area contributed by atoms with Crippen LogP contribution in [-0.4, -0.2) is 16.0 Å². The van der Waals surface area contributed by atoms with Gasteiger partial charge in [-0.05, 0) is 31.2 Å². The Morgan fingerprint density at radius 1 is 1.48 bits per heavy atom. The summed E-state index contributed by atoms with van der Waals surface area (Å²) >= 11 is 3.28. The van der Waals surface area contributed by atoms with Gasteiger partial charge in [0.1, 0.15) is 10.8 Å². The van der Waals surface area contributed by atoms with E-state index in [1.807, 2.05) is 18.4 Å². The molecule has 7 heteroatoms. The quantitative estimate of drug-likeness (QED) is 0.759. The van der Waals surface area contributed by atoms with Gasteiger partial charge in [0.25, 0.3) is 5.91 Å². The van der Waals surface area contributed by atoms with Crippen molar-refractivity contribution in [1.29, 1.82) is 0 Å². The van der Waals surface area contributed by atoms with Crippen molar-refractivity contribution >= 4 is 28.6 Å². The minimum atomic E-state index is -0.203. The van der Waals surface area contributed by atoms with Crippen molar-refractivity contribution in [3.8, 4) is 9.88 Å². The molecule has 3 aromatic heterocycles. The first-order valence-corrected chi connectivity index (χ1v) is 9.15. The molecule has 1 fully saturated rings. The minimum absolute atomic E-state index is 0.203. The Balaban J connectivity index is 1.42. The van der Waals surface area contributed by atoms with Crippen LogP contribution in [0.2, 0.25) is 0 Å². The second kappa shape index (κ2) is 5.90. The summed E-state index contributed by atoms with van der Waals surface area (Å²) in [4.78, 5) is 19.0. The molecule has 1 amide bonds. The second-order valence-corrected chi connectivity index (χ2v) is 7.61. The molecule has 0 radical (unpaired) electrons. The lowest BCUT2D eigenvalue weighted by atomic mass is 10.3. The average molecular weight is 345 g/mol. The fourth-order valence-corrected chi connectivity index (χ4v) is 4.10. The molecule has 3 heterocycles. The number of carbonyl (C=O) groups is 1. The third-order valence-electron chi connectivity index (χ3n) is 3.77. The van der Waals surface area contributed by atoms with Crippen LogP contribution in [0, 0.1) is 6.92 Å². The predicted octanol–water partition coefficient (Wildman–Crippen LogP) is 3.98. The molecule has 5 nitrogen and oxygen atoms in total. The van der Waals surface area contributed by atoms with Crippen LogP contribution < -0.4 is 5.32 Å². The number of rotatable bonds is 5. The van der Waals surface area contributed by atoms with Crippen LogP contribution in [-0.2, 0) is 6.54 Å². The Morgan fingerprint density at radius 2 is 2.35 bits per heavy atom. The summed E-state index contributed by atoms with van der Waals surface area (Å²) in [6.45, 7) is 2.43. The van der Waals surface area contributed by atoms with E-state index in [1.165, 1.54) is 0 Å². The minimum Gasteiger partial charge on any atom is -0.360 e. The topological polar surface area (TPSA) is 68.0 Å². The monoisotopic (exact) mass is 345 g/mol. The van der Waals surface area contributed by atoms with Gasteiger partial charge in [0.05, 0.1) is 17.1 Å². The molecule has 0 atom stereocenters. The molecular weight excluding hydrogens is 330 g/mol. The van der Waals surface area contributed by atoms with E-state index < -0.39 is 0 Å². The number of thiazole rings is 1. The number of aromatic nitrogens is 2. The third-order valence-corrected chi connectivity index (χ3v) is 5.97. The normalized spacial score (nSPS) is 14.1. The standard InChI is InChI=1S/C16H15N3O2S2/c1-9-14(23-16(18-9)13-3-2-6-22-13)8-17-15(20)11-7-12(21-19-11)10-4-5-10/h2-3,6-7,10H,4-5,8H2,1H3,(H,17,20). The molecule has 0 spiro atoms. The number of nitrogens with one attached hydrogen (secondary N) is 1. The summed E-state index contributed by atoms with van der Waals surface area (Å²) in [6.07, 6.45) is 2.25. The fraction of sp³-hybridized carbons (Fsp3) is 0.312. The van der Waals surface area contributed by atoms with Crippen molar-refractivity contribution in [1.82, 2.24) is 15.5 Å². The van der Waals surface area contributed by atoms with Gasteiger partial charge in [-0.2, -0.15) is 0 Å². The van der Waals surface area contributed by atoms with Crippen LogP contribution in [0.3, 0.4) is 0 Å². The van der Waals surface area contributed by atoms with Crippen molar-refractivity contribution in [2.24, 2.45) is 0 Å². The zero-order valence-corrected chi connectivity index (χ0v) is 14.2. The summed E-state index contributed by atoms with van der Waals surface area (Å²) < 4.78 is 5.22. The number of amides is 1. The number of nitrogens with zero attached hydrogens (tertiary/aromatic N) is 2. The summed E-state index contributed by atoms with van der Waals surface area (Å²) in [5, 5.41) is 9.80. The summed E-state index contributed by atoms with van der Waals surface area (Å²) in [7, 11) is 0. The highest BCUT2D eigenvalue weighted by atomic mass is 32.1. The van der Waals surface area contributed by atoms with Crippen LogP contribution >= 0.6 is 22.7 Å². The molecule has 3 aromatic rings. The first kappa shape index (κ1) is 14.6. The first-order valence-electron chi connectivity index (χ1n) is 7.45. The molecule has 0 bridgehead atoms. The highest BCUT2D eigenvalue weighted by Gasteiger charge is 2.28. The summed E-state index contributed by atoms with van der Waals surface area (Å²) in [6, 6.07) is 5.82. The Labute approximate surface area is 141 Å². The van der Waals surface area contributed by atoms with E-state index in [0.717, 1.165) is 39.1 Å². The molecule has 118 valence electrons. The van der Waals surface area contributed by atoms with Gasteiger partial charge >= 0.3 is 0 Å². The molecule has 0 saturated heterocycles. The second-order valence-electron chi connectivity index (χ2n) is 5.58. The van der Waals surface area contributed by atoms with Gasteiger partial charge in [-0.3, -0.25) is 4.79 Å². The van der Waals surface area contributed by atoms with Crippen LogP contribution in [0.5, 0.6) is 0 Å². The number of carbonyl (C=O) groups excluding carboxylic acids is 1. The smallest absolute Gasteiger partial charge is 0.273 e. The largest absolute Gasteiger partial charge is 0.360 e. The van der Waals surface area contributed by atoms with E-state index in [4.69, 9.17) is 4.52 Å². The highest BCUT2D eigenvalue weighted by Crippen LogP contribution is 2.40.